The van der Waals surface area contributed by atoms with E-state index in [0.29, 0.717) is 10.6 Å². The van der Waals surface area contributed by atoms with Crippen molar-refractivity contribution in [1.82, 2.24) is 15.0 Å². The van der Waals surface area contributed by atoms with Crippen molar-refractivity contribution in [2.45, 2.75) is 26.2 Å². The predicted octanol–water partition coefficient (Wildman–Crippen LogP) is 5.25. The molecule has 2 heterocycles. The maximum atomic E-state index is 13.1. The van der Waals surface area contributed by atoms with E-state index < -0.39 is 0 Å². The molecule has 0 bridgehead atoms. The Kier molecular flexibility index (Phi) is 6.11. The summed E-state index contributed by atoms with van der Waals surface area (Å²) in [5, 5.41) is 2.70. The minimum Gasteiger partial charge on any atom is -0.497 e. The third-order valence-corrected chi connectivity index (χ3v) is 5.83. The molecule has 0 spiro atoms. The lowest BCUT2D eigenvalue weighted by molar-refractivity contribution is 0.0749. The molecule has 0 unspecified atom stereocenters. The van der Waals surface area contributed by atoms with E-state index in [1.54, 1.807) is 7.11 Å². The molecule has 0 aliphatic carbocycles. The van der Waals surface area contributed by atoms with Crippen LogP contribution in [0.15, 0.2) is 54.6 Å². The number of ether oxygens (including phenoxy) is 1. The quantitative estimate of drug-likeness (QED) is 0.610. The van der Waals surface area contributed by atoms with Gasteiger partial charge in [-0.15, -0.1) is 0 Å². The minimum absolute atomic E-state index is 0.0723. The molecule has 0 atom stereocenters. The molecule has 1 N–H and O–H groups in total. The van der Waals surface area contributed by atoms with Crippen LogP contribution in [0.4, 0.5) is 0 Å². The summed E-state index contributed by atoms with van der Waals surface area (Å²) < 4.78 is 7.39. The number of piperidine rings is 1. The average Bonchev–Trinajstić information content (AvgIpc) is 3.12. The fraction of sp³-hybridized carbons (Fsp3) is 0.292. The van der Waals surface area contributed by atoms with Crippen LogP contribution in [0.5, 0.6) is 5.75 Å². The number of hydrogen-bond acceptors (Lipinski definition) is 3. The van der Waals surface area contributed by atoms with Crippen LogP contribution in [-0.2, 0) is 0 Å². The van der Waals surface area contributed by atoms with Gasteiger partial charge in [0.2, 0.25) is 0 Å². The number of nitrogens with zero attached hydrogens (tertiary/aromatic N) is 2. The number of amides is 1. The first-order valence-corrected chi connectivity index (χ1v) is 10.6. The number of aromatic nitrogens is 1. The molecule has 156 valence electrons. The number of methoxy groups -OCH3 is 1. The zero-order valence-electron chi connectivity index (χ0n) is 17.3. The van der Waals surface area contributed by atoms with Crippen LogP contribution in [0.25, 0.3) is 16.9 Å². The van der Waals surface area contributed by atoms with E-state index in [9.17, 15) is 4.79 Å². The Morgan fingerprint density at radius 3 is 2.30 bits per heavy atom. The molecule has 5 nitrogen and oxygen atoms in total. The van der Waals surface area contributed by atoms with Gasteiger partial charge in [0.05, 0.1) is 18.4 Å². The van der Waals surface area contributed by atoms with Gasteiger partial charge in [0.1, 0.15) is 5.75 Å². The highest BCUT2D eigenvalue weighted by Gasteiger charge is 2.22. The number of halogens is 1. The van der Waals surface area contributed by atoms with E-state index in [4.69, 9.17) is 16.3 Å². The van der Waals surface area contributed by atoms with Gasteiger partial charge in [0.25, 0.3) is 5.91 Å². The number of nitrogens with one attached hydrogen (secondary N) is 1. The fourth-order valence-corrected chi connectivity index (χ4v) is 4.07. The Morgan fingerprint density at radius 2 is 1.67 bits per heavy atom. The second-order valence-corrected chi connectivity index (χ2v) is 7.99. The highest BCUT2D eigenvalue weighted by molar-refractivity contribution is 6.30. The van der Waals surface area contributed by atoms with Crippen LogP contribution < -0.4 is 10.2 Å². The van der Waals surface area contributed by atoms with Gasteiger partial charge in [-0.1, -0.05) is 18.0 Å². The molecule has 1 aliphatic rings. The highest BCUT2D eigenvalue weighted by atomic mass is 35.5. The predicted molar refractivity (Wildman–Crippen MR) is 120 cm³/mol. The Morgan fingerprint density at radius 1 is 1.00 bits per heavy atom. The second kappa shape index (κ2) is 8.94. The van der Waals surface area contributed by atoms with Gasteiger partial charge in [-0.3, -0.25) is 10.2 Å². The van der Waals surface area contributed by atoms with Gasteiger partial charge in [-0.05, 0) is 79.9 Å². The van der Waals surface area contributed by atoms with Gasteiger partial charge < -0.3 is 9.30 Å². The average molecular weight is 424 g/mol. The molecule has 0 radical (unpaired) electrons. The first kappa shape index (κ1) is 20.5. The number of carbonyl (C=O) groups is 1. The monoisotopic (exact) mass is 423 g/mol. The van der Waals surface area contributed by atoms with Gasteiger partial charge >= 0.3 is 0 Å². The maximum Gasteiger partial charge on any atom is 0.267 e. The van der Waals surface area contributed by atoms with Crippen molar-refractivity contribution in [2.24, 2.45) is 0 Å². The summed E-state index contributed by atoms with van der Waals surface area (Å²) in [6.07, 6.45) is 3.45. The summed E-state index contributed by atoms with van der Waals surface area (Å²) in [4.78, 5) is 13.1. The molecular formula is C24H26ClN3O2. The molecule has 1 fully saturated rings. The summed E-state index contributed by atoms with van der Waals surface area (Å²) >= 11 is 6.10. The molecule has 3 aromatic rings. The van der Waals surface area contributed by atoms with Crippen LogP contribution in [0.1, 0.15) is 35.3 Å². The smallest absolute Gasteiger partial charge is 0.267 e. The summed E-state index contributed by atoms with van der Waals surface area (Å²) in [7, 11) is 1.65. The van der Waals surface area contributed by atoms with Crippen LogP contribution in [-0.4, -0.2) is 35.7 Å². The SMILES string of the molecule is COc1ccc(-c2cc(C(=O)NN3CCCCC3)c(C)n2-c2ccc(Cl)cc2)cc1. The summed E-state index contributed by atoms with van der Waals surface area (Å²) in [6, 6.07) is 17.5. The molecular weight excluding hydrogens is 398 g/mol. The second-order valence-electron chi connectivity index (χ2n) is 7.56. The van der Waals surface area contributed by atoms with E-state index in [2.05, 4.69) is 9.99 Å². The number of hydrogen-bond donors (Lipinski definition) is 1. The van der Waals surface area contributed by atoms with Crippen molar-refractivity contribution < 1.29 is 9.53 Å². The Hall–Kier alpha value is -2.76. The van der Waals surface area contributed by atoms with E-state index in [1.165, 1.54) is 6.42 Å². The molecule has 4 rings (SSSR count). The lowest BCUT2D eigenvalue weighted by Crippen LogP contribution is -2.45. The number of carbonyl (C=O) groups excluding carboxylic acids is 1. The van der Waals surface area contributed by atoms with Crippen molar-refractivity contribution in [3.63, 3.8) is 0 Å². The molecule has 30 heavy (non-hydrogen) atoms. The van der Waals surface area contributed by atoms with Crippen molar-refractivity contribution in [3.05, 3.63) is 70.9 Å². The summed E-state index contributed by atoms with van der Waals surface area (Å²) in [5.74, 6) is 0.722. The molecule has 6 heteroatoms. The van der Waals surface area contributed by atoms with Gasteiger partial charge in [-0.2, -0.15) is 0 Å². The van der Waals surface area contributed by atoms with E-state index >= 15 is 0 Å². The largest absolute Gasteiger partial charge is 0.497 e. The fourth-order valence-electron chi connectivity index (χ4n) is 3.94. The zero-order chi connectivity index (χ0) is 21.1. The molecule has 0 saturated carbocycles. The third-order valence-electron chi connectivity index (χ3n) is 5.58. The van der Waals surface area contributed by atoms with Crippen LogP contribution in [0, 0.1) is 6.92 Å². The standard InChI is InChI=1S/C24H26ClN3O2/c1-17-22(24(29)26-27-14-4-3-5-15-27)16-23(18-6-12-21(30-2)13-7-18)28(17)20-10-8-19(25)9-11-20/h6-13,16H,3-5,14-15H2,1-2H3,(H,26,29). The van der Waals surface area contributed by atoms with Crippen LogP contribution in [0.3, 0.4) is 0 Å². The summed E-state index contributed by atoms with van der Waals surface area (Å²) in [6.45, 7) is 3.77. The Bertz CT molecular complexity index is 1020. The first-order chi connectivity index (χ1) is 14.6. The topological polar surface area (TPSA) is 46.5 Å². The lowest BCUT2D eigenvalue weighted by atomic mass is 10.1. The molecule has 1 aliphatic heterocycles. The third kappa shape index (κ3) is 4.23. The number of rotatable bonds is 5. The van der Waals surface area contributed by atoms with E-state index in [1.807, 2.05) is 66.5 Å². The van der Waals surface area contributed by atoms with E-state index in [0.717, 1.165) is 54.3 Å². The first-order valence-electron chi connectivity index (χ1n) is 10.3. The van der Waals surface area contributed by atoms with Crippen LogP contribution in [0.2, 0.25) is 5.02 Å². The van der Waals surface area contributed by atoms with Crippen molar-refractivity contribution in [2.75, 3.05) is 20.2 Å². The Balaban J connectivity index is 1.75. The van der Waals surface area contributed by atoms with Gasteiger partial charge in [0.15, 0.2) is 0 Å². The molecule has 1 amide bonds. The normalized spacial score (nSPS) is 14.5. The number of hydrazine groups is 1. The van der Waals surface area contributed by atoms with Crippen molar-refractivity contribution in [3.8, 4) is 22.7 Å². The Labute approximate surface area is 182 Å². The summed E-state index contributed by atoms with van der Waals surface area (Å²) in [5.41, 5.74) is 7.55. The van der Waals surface area contributed by atoms with Gasteiger partial charge in [0, 0.05) is 29.5 Å². The van der Waals surface area contributed by atoms with Crippen molar-refractivity contribution in [1.29, 1.82) is 0 Å². The molecule has 1 aromatic heterocycles. The lowest BCUT2D eigenvalue weighted by Gasteiger charge is -2.26. The minimum atomic E-state index is -0.0723. The molecule has 1 saturated heterocycles. The highest BCUT2D eigenvalue weighted by Crippen LogP contribution is 2.31. The van der Waals surface area contributed by atoms with Crippen molar-refractivity contribution >= 4 is 17.5 Å². The van der Waals surface area contributed by atoms with Crippen LogP contribution >= 0.6 is 11.6 Å². The number of benzene rings is 2. The van der Waals surface area contributed by atoms with Gasteiger partial charge in [-0.25, -0.2) is 5.01 Å². The molecule has 2 aromatic carbocycles. The zero-order valence-corrected chi connectivity index (χ0v) is 18.1. The van der Waals surface area contributed by atoms with E-state index in [-0.39, 0.29) is 5.91 Å². The maximum absolute atomic E-state index is 13.1.